The lowest BCUT2D eigenvalue weighted by Gasteiger charge is -2.09. The number of fused-ring (bicyclic) bond motifs is 1. The van der Waals surface area contributed by atoms with Crippen LogP contribution in [0.2, 0.25) is 0 Å². The molecule has 0 unspecified atom stereocenters. The summed E-state index contributed by atoms with van der Waals surface area (Å²) in [6, 6.07) is 4.55. The van der Waals surface area contributed by atoms with Crippen LogP contribution < -0.4 is 5.32 Å². The highest BCUT2D eigenvalue weighted by atomic mass is 32.1. The van der Waals surface area contributed by atoms with Gasteiger partial charge in [0.1, 0.15) is 22.7 Å². The zero-order valence-electron chi connectivity index (χ0n) is 13.6. The van der Waals surface area contributed by atoms with Gasteiger partial charge in [0.25, 0.3) is 5.91 Å². The number of aryl methyl sites for hydroxylation is 1. The number of esters is 1. The second-order valence-electron chi connectivity index (χ2n) is 5.78. The van der Waals surface area contributed by atoms with Crippen molar-refractivity contribution in [2.75, 3.05) is 11.9 Å². The summed E-state index contributed by atoms with van der Waals surface area (Å²) < 4.78 is 31.1. The number of anilines is 1. The Morgan fingerprint density at radius 1 is 1.27 bits per heavy atom. The molecule has 0 atom stereocenters. The van der Waals surface area contributed by atoms with Gasteiger partial charge in [-0.05, 0) is 43.4 Å². The van der Waals surface area contributed by atoms with Crippen molar-refractivity contribution in [3.63, 3.8) is 0 Å². The van der Waals surface area contributed by atoms with E-state index in [1.807, 2.05) is 0 Å². The van der Waals surface area contributed by atoms with E-state index >= 15 is 0 Å². The number of nitrogens with one attached hydrogen (secondary N) is 1. The lowest BCUT2D eigenvalue weighted by Crippen LogP contribution is -2.21. The van der Waals surface area contributed by atoms with E-state index in [1.54, 1.807) is 0 Å². The fraction of sp³-hybridized carbons (Fsp3) is 0.278. The van der Waals surface area contributed by atoms with Gasteiger partial charge in [0.2, 0.25) is 0 Å². The van der Waals surface area contributed by atoms with Crippen molar-refractivity contribution in [3.05, 3.63) is 51.4 Å². The predicted molar refractivity (Wildman–Crippen MR) is 90.9 cm³/mol. The van der Waals surface area contributed by atoms with Crippen LogP contribution >= 0.6 is 11.3 Å². The molecule has 1 amide bonds. The normalized spacial score (nSPS) is 12.8. The maximum Gasteiger partial charge on any atom is 0.341 e. The van der Waals surface area contributed by atoms with E-state index < -0.39 is 35.7 Å². The number of amides is 1. The Bertz CT molecular complexity index is 918. The van der Waals surface area contributed by atoms with Crippen molar-refractivity contribution in [3.8, 4) is 6.07 Å². The van der Waals surface area contributed by atoms with Crippen LogP contribution in [0.25, 0.3) is 0 Å². The van der Waals surface area contributed by atoms with Crippen LogP contribution in [0.4, 0.5) is 13.8 Å². The number of hydrogen-bond donors (Lipinski definition) is 1. The molecule has 3 rings (SSSR count). The van der Waals surface area contributed by atoms with Crippen molar-refractivity contribution < 1.29 is 23.1 Å². The van der Waals surface area contributed by atoms with E-state index in [9.17, 15) is 23.6 Å². The molecule has 0 aliphatic heterocycles. The Morgan fingerprint density at radius 2 is 2.04 bits per heavy atom. The molecule has 5 nitrogen and oxygen atoms in total. The standard InChI is InChI=1S/C18H14F2N2O3S/c19-10-5-6-12(14(20)7-10)18(24)25-9-16(23)22-17-13(8-21)11-3-1-2-4-15(11)26-17/h5-7H,1-4,9H2,(H,22,23). The topological polar surface area (TPSA) is 79.2 Å². The summed E-state index contributed by atoms with van der Waals surface area (Å²) in [6.45, 7) is -0.636. The van der Waals surface area contributed by atoms with Crippen molar-refractivity contribution in [1.82, 2.24) is 0 Å². The number of nitriles is 1. The first-order valence-corrected chi connectivity index (χ1v) is 8.78. The third-order valence-corrected chi connectivity index (χ3v) is 5.23. The Hall–Kier alpha value is -2.79. The lowest BCUT2D eigenvalue weighted by molar-refractivity contribution is -0.119. The van der Waals surface area contributed by atoms with E-state index in [-0.39, 0.29) is 0 Å². The highest BCUT2D eigenvalue weighted by molar-refractivity contribution is 7.16. The highest BCUT2D eigenvalue weighted by Gasteiger charge is 2.22. The molecular formula is C18H14F2N2O3S. The van der Waals surface area contributed by atoms with Crippen LogP contribution in [0.1, 0.15) is 39.2 Å². The summed E-state index contributed by atoms with van der Waals surface area (Å²) in [5.74, 6) is -3.57. The second kappa shape index (κ2) is 7.62. The van der Waals surface area contributed by atoms with Crippen molar-refractivity contribution in [2.24, 2.45) is 0 Å². The van der Waals surface area contributed by atoms with E-state index in [1.165, 1.54) is 11.3 Å². The Labute approximate surface area is 152 Å². The largest absolute Gasteiger partial charge is 0.452 e. The van der Waals surface area contributed by atoms with Gasteiger partial charge < -0.3 is 10.1 Å². The molecule has 8 heteroatoms. The van der Waals surface area contributed by atoms with E-state index in [0.29, 0.717) is 16.6 Å². The molecule has 1 aromatic carbocycles. The zero-order valence-corrected chi connectivity index (χ0v) is 14.4. The number of nitrogens with zero attached hydrogens (tertiary/aromatic N) is 1. The molecule has 1 heterocycles. The third kappa shape index (κ3) is 3.73. The summed E-state index contributed by atoms with van der Waals surface area (Å²) in [5, 5.41) is 12.4. The SMILES string of the molecule is N#Cc1c(NC(=O)COC(=O)c2ccc(F)cc2F)sc2c1CCCC2. The molecule has 2 aromatic rings. The van der Waals surface area contributed by atoms with Gasteiger partial charge in [0, 0.05) is 10.9 Å². The summed E-state index contributed by atoms with van der Waals surface area (Å²) in [6.07, 6.45) is 3.74. The van der Waals surface area contributed by atoms with Crippen LogP contribution in [0.15, 0.2) is 18.2 Å². The number of benzene rings is 1. The minimum atomic E-state index is -1.07. The second-order valence-corrected chi connectivity index (χ2v) is 6.88. The number of thiophene rings is 1. The molecule has 1 aliphatic rings. The molecular weight excluding hydrogens is 362 g/mol. The molecule has 0 saturated heterocycles. The molecule has 1 aliphatic carbocycles. The molecule has 0 bridgehead atoms. The predicted octanol–water partition coefficient (Wildman–Crippen LogP) is 3.57. The fourth-order valence-corrected chi connectivity index (χ4v) is 4.05. The Morgan fingerprint density at radius 3 is 2.77 bits per heavy atom. The summed E-state index contributed by atoms with van der Waals surface area (Å²) >= 11 is 1.35. The monoisotopic (exact) mass is 376 g/mol. The number of hydrogen-bond acceptors (Lipinski definition) is 5. The average molecular weight is 376 g/mol. The summed E-state index contributed by atoms with van der Waals surface area (Å²) in [4.78, 5) is 24.9. The number of carbonyl (C=O) groups excluding carboxylic acids is 2. The molecule has 26 heavy (non-hydrogen) atoms. The molecule has 0 fully saturated rings. The van der Waals surface area contributed by atoms with Crippen molar-refractivity contribution in [2.45, 2.75) is 25.7 Å². The number of ether oxygens (including phenoxy) is 1. The third-order valence-electron chi connectivity index (χ3n) is 4.02. The molecule has 0 saturated carbocycles. The van der Waals surface area contributed by atoms with Gasteiger partial charge in [0.05, 0.1) is 11.1 Å². The minimum Gasteiger partial charge on any atom is -0.452 e. The van der Waals surface area contributed by atoms with Gasteiger partial charge in [-0.2, -0.15) is 5.26 Å². The quantitative estimate of drug-likeness (QED) is 0.828. The fourth-order valence-electron chi connectivity index (χ4n) is 2.80. The summed E-state index contributed by atoms with van der Waals surface area (Å²) in [5.41, 5.74) is 0.974. The van der Waals surface area contributed by atoms with E-state index in [2.05, 4.69) is 11.4 Å². The van der Waals surface area contributed by atoms with Crippen molar-refractivity contribution >= 4 is 28.2 Å². The zero-order chi connectivity index (χ0) is 18.7. The first-order chi connectivity index (χ1) is 12.5. The van der Waals surface area contributed by atoms with Gasteiger partial charge in [-0.15, -0.1) is 11.3 Å². The van der Waals surface area contributed by atoms with Gasteiger partial charge in [-0.3, -0.25) is 4.79 Å². The lowest BCUT2D eigenvalue weighted by atomic mass is 9.96. The maximum atomic E-state index is 13.5. The highest BCUT2D eigenvalue weighted by Crippen LogP contribution is 2.37. The first kappa shape index (κ1) is 18.0. The van der Waals surface area contributed by atoms with Crippen LogP contribution in [0, 0.1) is 23.0 Å². The van der Waals surface area contributed by atoms with Gasteiger partial charge in [-0.1, -0.05) is 0 Å². The minimum absolute atomic E-state index is 0.438. The average Bonchev–Trinajstić information content (AvgIpc) is 2.96. The van der Waals surface area contributed by atoms with Crippen LogP contribution in [0.3, 0.4) is 0 Å². The molecule has 1 N–H and O–H groups in total. The molecule has 0 radical (unpaired) electrons. The van der Waals surface area contributed by atoms with Crippen LogP contribution in [0.5, 0.6) is 0 Å². The Balaban J connectivity index is 1.64. The van der Waals surface area contributed by atoms with Gasteiger partial charge >= 0.3 is 5.97 Å². The Kier molecular flexibility index (Phi) is 5.28. The maximum absolute atomic E-state index is 13.5. The summed E-state index contributed by atoms with van der Waals surface area (Å²) in [7, 11) is 0. The molecule has 1 aromatic heterocycles. The molecule has 134 valence electrons. The number of rotatable bonds is 4. The molecule has 0 spiro atoms. The van der Waals surface area contributed by atoms with E-state index in [4.69, 9.17) is 4.74 Å². The van der Waals surface area contributed by atoms with Crippen LogP contribution in [-0.4, -0.2) is 18.5 Å². The smallest absolute Gasteiger partial charge is 0.341 e. The van der Waals surface area contributed by atoms with Crippen LogP contribution in [-0.2, 0) is 22.4 Å². The van der Waals surface area contributed by atoms with Crippen molar-refractivity contribution in [1.29, 1.82) is 5.26 Å². The number of halogens is 2. The first-order valence-electron chi connectivity index (χ1n) is 7.96. The van der Waals surface area contributed by atoms with E-state index in [0.717, 1.165) is 48.3 Å². The number of carbonyl (C=O) groups is 2. The van der Waals surface area contributed by atoms with Gasteiger partial charge in [-0.25, -0.2) is 13.6 Å². The van der Waals surface area contributed by atoms with Gasteiger partial charge in [0.15, 0.2) is 6.61 Å².